The number of hydrogen-bond donors (Lipinski definition) is 1. The zero-order valence-electron chi connectivity index (χ0n) is 13.3. The van der Waals surface area contributed by atoms with E-state index in [1.54, 1.807) is 23.0 Å². The number of halogens is 1. The molecule has 1 aliphatic rings. The first kappa shape index (κ1) is 15.0. The van der Waals surface area contributed by atoms with Crippen LogP contribution in [0.5, 0.6) is 0 Å². The Morgan fingerprint density at radius 2 is 1.96 bits per heavy atom. The van der Waals surface area contributed by atoms with Gasteiger partial charge >= 0.3 is 0 Å². The summed E-state index contributed by atoms with van der Waals surface area (Å²) in [5.41, 5.74) is 3.14. The van der Waals surface area contributed by atoms with Gasteiger partial charge in [0, 0.05) is 12.1 Å². The number of nitrogens with one attached hydrogen (secondary N) is 1. The number of rotatable bonds is 5. The van der Waals surface area contributed by atoms with E-state index in [2.05, 4.69) is 27.8 Å². The van der Waals surface area contributed by atoms with E-state index in [4.69, 9.17) is 0 Å². The number of aromatic nitrogens is 3. The van der Waals surface area contributed by atoms with Gasteiger partial charge in [-0.1, -0.05) is 29.5 Å². The van der Waals surface area contributed by atoms with Crippen LogP contribution in [0.1, 0.15) is 30.4 Å². The zero-order valence-corrected chi connectivity index (χ0v) is 13.3. The van der Waals surface area contributed by atoms with Crippen LogP contribution in [-0.2, 0) is 12.1 Å². The molecule has 0 radical (unpaired) electrons. The third kappa shape index (κ3) is 2.83. The summed E-state index contributed by atoms with van der Waals surface area (Å²) in [7, 11) is 0. The van der Waals surface area contributed by atoms with Crippen LogP contribution < -0.4 is 5.32 Å². The summed E-state index contributed by atoms with van der Waals surface area (Å²) >= 11 is 0. The average molecular weight is 322 g/mol. The second-order valence-corrected chi connectivity index (χ2v) is 6.31. The Bertz CT molecular complexity index is 808. The maximum atomic E-state index is 13.6. The number of benzene rings is 2. The van der Waals surface area contributed by atoms with Crippen LogP contribution in [-0.4, -0.2) is 15.0 Å². The van der Waals surface area contributed by atoms with E-state index in [9.17, 15) is 4.39 Å². The van der Waals surface area contributed by atoms with Gasteiger partial charge in [-0.25, -0.2) is 9.07 Å². The summed E-state index contributed by atoms with van der Waals surface area (Å²) in [5.74, 6) is -0.169. The molecule has 1 saturated carbocycles. The van der Waals surface area contributed by atoms with E-state index in [1.165, 1.54) is 18.1 Å². The molecule has 0 aliphatic heterocycles. The lowest BCUT2D eigenvalue weighted by Crippen LogP contribution is -2.47. The van der Waals surface area contributed by atoms with E-state index >= 15 is 0 Å². The molecule has 24 heavy (non-hydrogen) atoms. The van der Waals surface area contributed by atoms with Gasteiger partial charge in [0.1, 0.15) is 5.82 Å². The van der Waals surface area contributed by atoms with E-state index in [1.807, 2.05) is 24.4 Å². The summed E-state index contributed by atoms with van der Waals surface area (Å²) < 4.78 is 15.3. The van der Waals surface area contributed by atoms with Crippen molar-refractivity contribution in [1.29, 1.82) is 0 Å². The molecule has 5 heteroatoms. The van der Waals surface area contributed by atoms with Crippen molar-refractivity contribution < 1.29 is 4.39 Å². The first-order chi connectivity index (χ1) is 11.8. The Hall–Kier alpha value is -2.53. The van der Waals surface area contributed by atoms with Crippen molar-refractivity contribution in [2.75, 3.05) is 0 Å². The maximum Gasteiger partial charge on any atom is 0.123 e. The Morgan fingerprint density at radius 1 is 1.12 bits per heavy atom. The third-order valence-electron chi connectivity index (χ3n) is 4.84. The summed E-state index contributed by atoms with van der Waals surface area (Å²) in [5, 5.41) is 11.5. The molecule has 0 bridgehead atoms. The van der Waals surface area contributed by atoms with Crippen molar-refractivity contribution in [2.45, 2.75) is 31.3 Å². The molecule has 4 nitrogen and oxygen atoms in total. The van der Waals surface area contributed by atoms with Crippen molar-refractivity contribution in [2.24, 2.45) is 0 Å². The fourth-order valence-corrected chi connectivity index (χ4v) is 3.27. The minimum absolute atomic E-state index is 0.0906. The lowest BCUT2D eigenvalue weighted by molar-refractivity contribution is 0.183. The molecule has 0 saturated heterocycles. The van der Waals surface area contributed by atoms with Gasteiger partial charge in [0.15, 0.2) is 0 Å². The second kappa shape index (κ2) is 6.17. The largest absolute Gasteiger partial charge is 0.303 e. The predicted molar refractivity (Wildman–Crippen MR) is 90.1 cm³/mol. The molecule has 3 aromatic rings. The summed E-state index contributed by atoms with van der Waals surface area (Å²) in [6.07, 6.45) is 6.76. The maximum absolute atomic E-state index is 13.6. The van der Waals surface area contributed by atoms with Crippen LogP contribution in [0.2, 0.25) is 0 Å². The van der Waals surface area contributed by atoms with Crippen molar-refractivity contribution in [3.63, 3.8) is 0 Å². The average Bonchev–Trinajstić information content (AvgIpc) is 3.09. The molecule has 1 fully saturated rings. The fourth-order valence-electron chi connectivity index (χ4n) is 3.27. The van der Waals surface area contributed by atoms with Gasteiger partial charge in [0.2, 0.25) is 0 Å². The van der Waals surface area contributed by atoms with Crippen molar-refractivity contribution in [3.05, 3.63) is 77.9 Å². The third-order valence-corrected chi connectivity index (χ3v) is 4.84. The topological polar surface area (TPSA) is 42.7 Å². The summed E-state index contributed by atoms with van der Waals surface area (Å²) in [6.45, 7) is 0.758. The van der Waals surface area contributed by atoms with Gasteiger partial charge in [-0.15, -0.1) is 5.10 Å². The summed E-state index contributed by atoms with van der Waals surface area (Å²) in [4.78, 5) is 0. The van der Waals surface area contributed by atoms with Crippen LogP contribution >= 0.6 is 0 Å². The normalized spacial score (nSPS) is 15.9. The van der Waals surface area contributed by atoms with E-state index in [-0.39, 0.29) is 11.4 Å². The molecule has 1 N–H and O–H groups in total. The van der Waals surface area contributed by atoms with Crippen LogP contribution in [0.25, 0.3) is 5.69 Å². The second-order valence-electron chi connectivity index (χ2n) is 6.31. The van der Waals surface area contributed by atoms with E-state index in [0.29, 0.717) is 0 Å². The van der Waals surface area contributed by atoms with E-state index in [0.717, 1.165) is 30.6 Å². The Morgan fingerprint density at radius 3 is 2.58 bits per heavy atom. The Balaban J connectivity index is 1.47. The van der Waals surface area contributed by atoms with E-state index < -0.39 is 0 Å². The molecule has 1 heterocycles. The van der Waals surface area contributed by atoms with Crippen molar-refractivity contribution in [1.82, 2.24) is 20.3 Å². The molecule has 4 rings (SSSR count). The molecule has 0 atom stereocenters. The molecular weight excluding hydrogens is 303 g/mol. The lowest BCUT2D eigenvalue weighted by atomic mass is 9.71. The van der Waals surface area contributed by atoms with Crippen LogP contribution in [0.15, 0.2) is 60.9 Å². The summed E-state index contributed by atoms with van der Waals surface area (Å²) in [6, 6.07) is 15.2. The van der Waals surface area contributed by atoms with Gasteiger partial charge in [0.05, 0.1) is 18.1 Å². The monoisotopic (exact) mass is 322 g/mol. The lowest BCUT2D eigenvalue weighted by Gasteiger charge is -2.43. The first-order valence-corrected chi connectivity index (χ1v) is 8.22. The standard InChI is InChI=1S/C19H19FN4/c20-17-4-1-3-16(13-17)19(9-2-10-19)21-14-15-5-7-18(8-6-15)24-12-11-22-23-24/h1,3-8,11-13,21H,2,9-10,14H2. The SMILES string of the molecule is Fc1cccc(C2(NCc3ccc(-n4ccnn4)cc3)CCC2)c1. The smallest absolute Gasteiger partial charge is 0.123 e. The number of nitrogens with zero attached hydrogens (tertiary/aromatic N) is 3. The van der Waals surface area contributed by atoms with Gasteiger partial charge < -0.3 is 5.32 Å². The molecule has 1 aromatic heterocycles. The van der Waals surface area contributed by atoms with Gasteiger partial charge in [-0.3, -0.25) is 0 Å². The van der Waals surface area contributed by atoms with Crippen LogP contribution in [0.4, 0.5) is 4.39 Å². The molecule has 2 aromatic carbocycles. The number of hydrogen-bond acceptors (Lipinski definition) is 3. The minimum atomic E-state index is -0.169. The highest BCUT2D eigenvalue weighted by atomic mass is 19.1. The quantitative estimate of drug-likeness (QED) is 0.781. The molecule has 0 amide bonds. The Labute approximate surface area is 140 Å². The molecular formula is C19H19FN4. The first-order valence-electron chi connectivity index (χ1n) is 8.22. The predicted octanol–water partition coefficient (Wildman–Crippen LogP) is 3.58. The highest BCUT2D eigenvalue weighted by molar-refractivity contribution is 5.34. The fraction of sp³-hybridized carbons (Fsp3) is 0.263. The molecule has 122 valence electrons. The van der Waals surface area contributed by atoms with Crippen molar-refractivity contribution >= 4 is 0 Å². The highest BCUT2D eigenvalue weighted by Crippen LogP contribution is 2.41. The molecule has 0 unspecified atom stereocenters. The highest BCUT2D eigenvalue weighted by Gasteiger charge is 2.38. The minimum Gasteiger partial charge on any atom is -0.303 e. The molecule has 1 aliphatic carbocycles. The van der Waals surface area contributed by atoms with Crippen LogP contribution in [0.3, 0.4) is 0 Å². The van der Waals surface area contributed by atoms with Gasteiger partial charge in [0.25, 0.3) is 0 Å². The Kier molecular flexibility index (Phi) is 3.86. The van der Waals surface area contributed by atoms with Gasteiger partial charge in [-0.05, 0) is 54.7 Å². The van der Waals surface area contributed by atoms with Gasteiger partial charge in [-0.2, -0.15) is 0 Å². The van der Waals surface area contributed by atoms with Crippen LogP contribution in [0, 0.1) is 5.82 Å². The molecule has 0 spiro atoms. The van der Waals surface area contributed by atoms with Crippen molar-refractivity contribution in [3.8, 4) is 5.69 Å². The zero-order chi connectivity index (χ0) is 16.4.